The second kappa shape index (κ2) is 8.48. The summed E-state index contributed by atoms with van der Waals surface area (Å²) in [4.78, 5) is 14.1. The number of nitrogens with one attached hydrogen (secondary N) is 2. The van der Waals surface area contributed by atoms with Crippen molar-refractivity contribution < 1.29 is 4.79 Å². The van der Waals surface area contributed by atoms with Gasteiger partial charge in [-0.2, -0.15) is 0 Å². The Kier molecular flexibility index (Phi) is 7.21. The molecule has 0 radical (unpaired) electrons. The molecule has 0 aromatic rings. The van der Waals surface area contributed by atoms with Gasteiger partial charge in [0, 0.05) is 19.0 Å². The average molecular weight is 241 g/mol. The standard InChI is InChI=1S/C13H27N3O/c1-3-16-10-5-4-7-12(16)11-15-13(17)8-6-9-14-2/h12,14H,3-11H2,1-2H3,(H,15,17). The number of hydrogen-bond acceptors (Lipinski definition) is 3. The van der Waals surface area contributed by atoms with E-state index < -0.39 is 0 Å². The van der Waals surface area contributed by atoms with Crippen LogP contribution in [0.25, 0.3) is 0 Å². The lowest BCUT2D eigenvalue weighted by atomic mass is 10.0. The molecular weight excluding hydrogens is 214 g/mol. The molecule has 0 aromatic carbocycles. The molecule has 1 rings (SSSR count). The molecule has 0 aromatic heterocycles. The van der Waals surface area contributed by atoms with Crippen molar-refractivity contribution in [2.24, 2.45) is 0 Å². The lowest BCUT2D eigenvalue weighted by Gasteiger charge is -2.34. The number of rotatable bonds is 7. The number of hydrogen-bond donors (Lipinski definition) is 2. The maximum atomic E-state index is 11.6. The second-order valence-corrected chi connectivity index (χ2v) is 4.79. The van der Waals surface area contributed by atoms with Crippen LogP contribution >= 0.6 is 0 Å². The number of carbonyl (C=O) groups excluding carboxylic acids is 1. The van der Waals surface area contributed by atoms with Crippen LogP contribution in [0.1, 0.15) is 39.0 Å². The molecule has 1 saturated heterocycles. The Bertz CT molecular complexity index is 221. The molecule has 0 spiro atoms. The fourth-order valence-electron chi connectivity index (χ4n) is 2.45. The lowest BCUT2D eigenvalue weighted by Crippen LogP contribution is -2.46. The van der Waals surface area contributed by atoms with Crippen LogP contribution in [-0.4, -0.2) is 50.1 Å². The first kappa shape index (κ1) is 14.5. The molecule has 1 aliphatic rings. The highest BCUT2D eigenvalue weighted by Crippen LogP contribution is 2.15. The van der Waals surface area contributed by atoms with Gasteiger partial charge in [-0.1, -0.05) is 13.3 Å². The third-order valence-corrected chi connectivity index (χ3v) is 3.52. The Morgan fingerprint density at radius 2 is 2.24 bits per heavy atom. The molecule has 1 heterocycles. The number of carbonyl (C=O) groups is 1. The minimum Gasteiger partial charge on any atom is -0.355 e. The highest BCUT2D eigenvalue weighted by atomic mass is 16.1. The van der Waals surface area contributed by atoms with Crippen molar-refractivity contribution in [3.05, 3.63) is 0 Å². The van der Waals surface area contributed by atoms with Crippen molar-refractivity contribution >= 4 is 5.91 Å². The SMILES string of the molecule is CCN1CCCCC1CNC(=O)CCCNC. The van der Waals surface area contributed by atoms with Gasteiger partial charge in [0.25, 0.3) is 0 Å². The molecule has 0 saturated carbocycles. The zero-order valence-electron chi connectivity index (χ0n) is 11.3. The summed E-state index contributed by atoms with van der Waals surface area (Å²) in [5, 5.41) is 6.12. The van der Waals surface area contributed by atoms with E-state index in [-0.39, 0.29) is 5.91 Å². The van der Waals surface area contributed by atoms with E-state index in [4.69, 9.17) is 0 Å². The molecule has 4 nitrogen and oxygen atoms in total. The van der Waals surface area contributed by atoms with E-state index >= 15 is 0 Å². The Morgan fingerprint density at radius 3 is 2.94 bits per heavy atom. The molecule has 2 N–H and O–H groups in total. The van der Waals surface area contributed by atoms with Gasteiger partial charge in [0.2, 0.25) is 5.91 Å². The Morgan fingerprint density at radius 1 is 1.41 bits per heavy atom. The lowest BCUT2D eigenvalue weighted by molar-refractivity contribution is -0.121. The van der Waals surface area contributed by atoms with E-state index in [0.717, 1.165) is 26.1 Å². The van der Waals surface area contributed by atoms with Crippen molar-refractivity contribution in [1.29, 1.82) is 0 Å². The normalized spacial score (nSPS) is 21.4. The second-order valence-electron chi connectivity index (χ2n) is 4.79. The van der Waals surface area contributed by atoms with Gasteiger partial charge in [-0.25, -0.2) is 0 Å². The van der Waals surface area contributed by atoms with Crippen molar-refractivity contribution in [3.8, 4) is 0 Å². The van der Waals surface area contributed by atoms with Crippen LogP contribution in [-0.2, 0) is 4.79 Å². The van der Waals surface area contributed by atoms with Gasteiger partial charge in [0.1, 0.15) is 0 Å². The zero-order chi connectivity index (χ0) is 12.5. The molecule has 0 bridgehead atoms. The van der Waals surface area contributed by atoms with Crippen molar-refractivity contribution in [2.75, 3.05) is 33.2 Å². The van der Waals surface area contributed by atoms with Gasteiger partial charge in [0.05, 0.1) is 0 Å². The van der Waals surface area contributed by atoms with E-state index in [1.807, 2.05) is 7.05 Å². The summed E-state index contributed by atoms with van der Waals surface area (Å²) in [6.07, 6.45) is 5.39. The molecule has 100 valence electrons. The first-order valence-corrected chi connectivity index (χ1v) is 6.93. The Labute approximate surface area is 105 Å². The molecule has 1 atom stereocenters. The molecule has 4 heteroatoms. The van der Waals surface area contributed by atoms with Gasteiger partial charge >= 0.3 is 0 Å². The van der Waals surface area contributed by atoms with E-state index in [1.165, 1.54) is 25.8 Å². The fourth-order valence-corrected chi connectivity index (χ4v) is 2.45. The molecule has 0 aliphatic carbocycles. The van der Waals surface area contributed by atoms with E-state index in [0.29, 0.717) is 12.5 Å². The maximum Gasteiger partial charge on any atom is 0.220 e. The van der Waals surface area contributed by atoms with Gasteiger partial charge < -0.3 is 10.6 Å². The predicted octanol–water partition coefficient (Wildman–Crippen LogP) is 0.977. The van der Waals surface area contributed by atoms with Crippen LogP contribution in [0, 0.1) is 0 Å². The van der Waals surface area contributed by atoms with Gasteiger partial charge in [-0.15, -0.1) is 0 Å². The Hall–Kier alpha value is -0.610. The molecule has 1 fully saturated rings. The smallest absolute Gasteiger partial charge is 0.220 e. The minimum atomic E-state index is 0.196. The van der Waals surface area contributed by atoms with Crippen molar-refractivity contribution in [2.45, 2.75) is 45.1 Å². The summed E-state index contributed by atoms with van der Waals surface area (Å²) >= 11 is 0. The third-order valence-electron chi connectivity index (χ3n) is 3.52. The largest absolute Gasteiger partial charge is 0.355 e. The van der Waals surface area contributed by atoms with Crippen LogP contribution in [0.2, 0.25) is 0 Å². The highest BCUT2D eigenvalue weighted by Gasteiger charge is 2.20. The number of likely N-dealkylation sites (N-methyl/N-ethyl adjacent to an activating group) is 1. The van der Waals surface area contributed by atoms with Crippen LogP contribution in [0.3, 0.4) is 0 Å². The van der Waals surface area contributed by atoms with Crippen LogP contribution in [0.4, 0.5) is 0 Å². The van der Waals surface area contributed by atoms with Crippen LogP contribution < -0.4 is 10.6 Å². The first-order chi connectivity index (χ1) is 8.27. The monoisotopic (exact) mass is 241 g/mol. The zero-order valence-corrected chi connectivity index (χ0v) is 11.3. The third kappa shape index (κ3) is 5.50. The maximum absolute atomic E-state index is 11.6. The summed E-state index contributed by atoms with van der Waals surface area (Å²) < 4.78 is 0. The summed E-state index contributed by atoms with van der Waals surface area (Å²) in [5.41, 5.74) is 0. The molecule has 1 amide bonds. The predicted molar refractivity (Wildman–Crippen MR) is 71.1 cm³/mol. The van der Waals surface area contributed by atoms with Gasteiger partial charge in [-0.3, -0.25) is 9.69 Å². The summed E-state index contributed by atoms with van der Waals surface area (Å²) in [5.74, 6) is 0.196. The molecule has 1 unspecified atom stereocenters. The molecule has 17 heavy (non-hydrogen) atoms. The molecule has 1 aliphatic heterocycles. The quantitative estimate of drug-likeness (QED) is 0.653. The van der Waals surface area contributed by atoms with Gasteiger partial charge in [0.15, 0.2) is 0 Å². The van der Waals surface area contributed by atoms with E-state index in [2.05, 4.69) is 22.5 Å². The molecular formula is C13H27N3O. The van der Waals surface area contributed by atoms with Gasteiger partial charge in [-0.05, 0) is 45.9 Å². The Balaban J connectivity index is 2.17. The van der Waals surface area contributed by atoms with E-state index in [1.54, 1.807) is 0 Å². The number of amides is 1. The number of piperidine rings is 1. The fraction of sp³-hybridized carbons (Fsp3) is 0.923. The van der Waals surface area contributed by atoms with Crippen LogP contribution in [0.15, 0.2) is 0 Å². The number of likely N-dealkylation sites (tertiary alicyclic amines) is 1. The topological polar surface area (TPSA) is 44.4 Å². The highest BCUT2D eigenvalue weighted by molar-refractivity contribution is 5.75. The van der Waals surface area contributed by atoms with E-state index in [9.17, 15) is 4.79 Å². The summed E-state index contributed by atoms with van der Waals surface area (Å²) in [7, 11) is 1.92. The van der Waals surface area contributed by atoms with Crippen molar-refractivity contribution in [3.63, 3.8) is 0 Å². The first-order valence-electron chi connectivity index (χ1n) is 6.93. The number of nitrogens with zero attached hydrogens (tertiary/aromatic N) is 1. The van der Waals surface area contributed by atoms with Crippen LogP contribution in [0.5, 0.6) is 0 Å². The average Bonchev–Trinajstić information content (AvgIpc) is 2.37. The van der Waals surface area contributed by atoms with Crippen molar-refractivity contribution in [1.82, 2.24) is 15.5 Å². The summed E-state index contributed by atoms with van der Waals surface area (Å²) in [6, 6.07) is 0.557. The minimum absolute atomic E-state index is 0.196. The summed E-state index contributed by atoms with van der Waals surface area (Å²) in [6.45, 7) is 6.23.